The summed E-state index contributed by atoms with van der Waals surface area (Å²) in [4.78, 5) is 13.1. The molecular weight excluding hydrogens is 320 g/mol. The Kier molecular flexibility index (Phi) is 3.64. The van der Waals surface area contributed by atoms with Crippen molar-refractivity contribution in [2.24, 2.45) is 29.1 Å². The summed E-state index contributed by atoms with van der Waals surface area (Å²) in [5.74, 6) is -0.721. The molecular formula is C20H30O5. The molecule has 4 aliphatic rings. The Morgan fingerprint density at radius 1 is 1.28 bits per heavy atom. The van der Waals surface area contributed by atoms with E-state index in [1.54, 1.807) is 6.92 Å². The summed E-state index contributed by atoms with van der Waals surface area (Å²) in [5.41, 5.74) is -1.76. The highest BCUT2D eigenvalue weighted by atomic mass is 16.6. The van der Waals surface area contributed by atoms with E-state index < -0.39 is 29.3 Å². The molecule has 0 bridgehead atoms. The van der Waals surface area contributed by atoms with Crippen LogP contribution < -0.4 is 0 Å². The average molecular weight is 350 g/mol. The zero-order valence-corrected chi connectivity index (χ0v) is 15.5. The van der Waals surface area contributed by atoms with Gasteiger partial charge >= 0.3 is 0 Å². The number of aliphatic hydroxyl groups excluding tert-OH is 2. The van der Waals surface area contributed by atoms with E-state index in [9.17, 15) is 20.1 Å². The van der Waals surface area contributed by atoms with Crippen LogP contribution >= 0.6 is 0 Å². The summed E-state index contributed by atoms with van der Waals surface area (Å²) in [6.07, 6.45) is 1.86. The number of Topliss-reactive ketones (excluding diaryl/α,β-unsaturated/α-hetero) is 1. The van der Waals surface area contributed by atoms with Crippen molar-refractivity contribution in [3.8, 4) is 0 Å². The molecule has 1 heterocycles. The third kappa shape index (κ3) is 2.32. The highest BCUT2D eigenvalue weighted by molar-refractivity contribution is 6.02. The lowest BCUT2D eigenvalue weighted by Gasteiger charge is -2.36. The maximum Gasteiger partial charge on any atom is 0.190 e. The fourth-order valence-electron chi connectivity index (χ4n) is 5.71. The molecule has 0 aromatic heterocycles. The van der Waals surface area contributed by atoms with Gasteiger partial charge in [-0.1, -0.05) is 26.8 Å². The Morgan fingerprint density at radius 2 is 1.92 bits per heavy atom. The third-order valence-electron chi connectivity index (χ3n) is 7.73. The number of epoxide rings is 1. The van der Waals surface area contributed by atoms with Gasteiger partial charge in [-0.2, -0.15) is 0 Å². The van der Waals surface area contributed by atoms with Crippen LogP contribution in [0.15, 0.2) is 11.6 Å². The Labute approximate surface area is 149 Å². The van der Waals surface area contributed by atoms with Crippen molar-refractivity contribution in [2.45, 2.75) is 70.4 Å². The molecule has 8 atom stereocenters. The first kappa shape index (κ1) is 17.7. The van der Waals surface area contributed by atoms with E-state index >= 15 is 0 Å². The van der Waals surface area contributed by atoms with Gasteiger partial charge in [0.25, 0.3) is 0 Å². The molecule has 0 aromatic rings. The zero-order valence-electron chi connectivity index (χ0n) is 15.5. The van der Waals surface area contributed by atoms with Gasteiger partial charge in [-0.3, -0.25) is 4.79 Å². The number of aliphatic hydroxyl groups is 3. The molecule has 3 N–H and O–H groups in total. The van der Waals surface area contributed by atoms with Gasteiger partial charge in [0.15, 0.2) is 5.78 Å². The second-order valence-corrected chi connectivity index (χ2v) is 9.59. The first-order valence-electron chi connectivity index (χ1n) is 9.50. The van der Waals surface area contributed by atoms with Crippen LogP contribution in [-0.2, 0) is 9.53 Å². The number of fused-ring (bicyclic) bond motifs is 2. The van der Waals surface area contributed by atoms with Crippen molar-refractivity contribution in [3.63, 3.8) is 0 Å². The standard InChI is InChI=1S/C20H30O5/c1-10-7-13-12(18(13,3)4)5-6-19(9-25-19)17(23)14-15(21)11(2)8-20(14,24)16(10)22/h7,11-15,17,21,23-24H,5-6,8-9H2,1-4H3/b10-7-/t11-,12-,13+,14+,15-,17-,19+,20+/m0/s1. The highest BCUT2D eigenvalue weighted by Gasteiger charge is 2.66. The topological polar surface area (TPSA) is 90.3 Å². The monoisotopic (exact) mass is 350 g/mol. The molecule has 3 aliphatic carbocycles. The predicted octanol–water partition coefficient (Wildman–Crippen LogP) is 1.45. The SMILES string of the molecule is C/C1=C/[C@@H]2[C@H](CC[C@@]3(CO3)[C@@H](O)[C@H]3[C@@H](O)[C@@H](C)C[C@]3(O)C1=O)C2(C)C. The minimum Gasteiger partial charge on any atom is -0.392 e. The second-order valence-electron chi connectivity index (χ2n) is 9.59. The number of hydrogen-bond acceptors (Lipinski definition) is 5. The number of allylic oxidation sites excluding steroid dienone is 1. The number of ketones is 1. The number of ether oxygens (including phenoxy) is 1. The third-order valence-corrected chi connectivity index (χ3v) is 7.73. The molecule has 0 unspecified atom stereocenters. The molecule has 3 fully saturated rings. The summed E-state index contributed by atoms with van der Waals surface area (Å²) in [6, 6.07) is 0. The van der Waals surface area contributed by atoms with E-state index in [0.717, 1.165) is 6.42 Å². The molecule has 1 spiro atoms. The summed E-state index contributed by atoms with van der Waals surface area (Å²) in [7, 11) is 0. The molecule has 1 saturated heterocycles. The fourth-order valence-corrected chi connectivity index (χ4v) is 5.71. The Balaban J connectivity index is 1.78. The van der Waals surface area contributed by atoms with Crippen molar-refractivity contribution in [3.05, 3.63) is 11.6 Å². The Hall–Kier alpha value is -0.750. The molecule has 140 valence electrons. The van der Waals surface area contributed by atoms with Gasteiger partial charge in [-0.05, 0) is 54.9 Å². The second kappa shape index (κ2) is 5.16. The summed E-state index contributed by atoms with van der Waals surface area (Å²) < 4.78 is 5.66. The van der Waals surface area contributed by atoms with Crippen molar-refractivity contribution in [1.82, 2.24) is 0 Å². The lowest BCUT2D eigenvalue weighted by Crippen LogP contribution is -2.54. The van der Waals surface area contributed by atoms with Crippen LogP contribution in [0, 0.1) is 29.1 Å². The number of carbonyl (C=O) groups excluding carboxylic acids is 1. The molecule has 2 saturated carbocycles. The first-order valence-corrected chi connectivity index (χ1v) is 9.50. The van der Waals surface area contributed by atoms with Gasteiger partial charge in [0.05, 0.1) is 24.7 Å². The molecule has 1 aliphatic heterocycles. The van der Waals surface area contributed by atoms with E-state index in [4.69, 9.17) is 4.74 Å². The van der Waals surface area contributed by atoms with E-state index in [1.807, 2.05) is 13.0 Å². The van der Waals surface area contributed by atoms with Crippen LogP contribution in [0.3, 0.4) is 0 Å². The van der Waals surface area contributed by atoms with E-state index in [1.165, 1.54) is 0 Å². The van der Waals surface area contributed by atoms with Crippen LogP contribution in [0.5, 0.6) is 0 Å². The van der Waals surface area contributed by atoms with Crippen molar-refractivity contribution in [1.29, 1.82) is 0 Å². The molecule has 4 rings (SSSR count). The minimum atomic E-state index is -1.73. The molecule has 0 radical (unpaired) electrons. The maximum absolute atomic E-state index is 13.1. The quantitative estimate of drug-likeness (QED) is 0.575. The van der Waals surface area contributed by atoms with E-state index in [0.29, 0.717) is 30.4 Å². The lowest BCUT2D eigenvalue weighted by molar-refractivity contribution is -0.150. The molecule has 0 amide bonds. The van der Waals surface area contributed by atoms with Gasteiger partial charge in [-0.25, -0.2) is 0 Å². The summed E-state index contributed by atoms with van der Waals surface area (Å²) >= 11 is 0. The number of rotatable bonds is 0. The normalized spacial score (nSPS) is 56.4. The van der Waals surface area contributed by atoms with Gasteiger partial charge in [0.1, 0.15) is 11.2 Å². The Morgan fingerprint density at radius 3 is 2.52 bits per heavy atom. The molecule has 25 heavy (non-hydrogen) atoms. The van der Waals surface area contributed by atoms with E-state index in [-0.39, 0.29) is 23.5 Å². The zero-order chi connectivity index (χ0) is 18.4. The highest BCUT2D eigenvalue weighted by Crippen LogP contribution is 2.63. The molecule has 0 aromatic carbocycles. The van der Waals surface area contributed by atoms with Gasteiger partial charge in [-0.15, -0.1) is 0 Å². The van der Waals surface area contributed by atoms with Crippen molar-refractivity contribution in [2.75, 3.05) is 6.61 Å². The summed E-state index contributed by atoms with van der Waals surface area (Å²) in [5, 5.41) is 33.0. The van der Waals surface area contributed by atoms with Crippen LogP contribution in [0.1, 0.15) is 47.0 Å². The van der Waals surface area contributed by atoms with Crippen LogP contribution in [-0.4, -0.2) is 51.1 Å². The smallest absolute Gasteiger partial charge is 0.190 e. The first-order chi connectivity index (χ1) is 11.5. The lowest BCUT2D eigenvalue weighted by atomic mass is 9.75. The van der Waals surface area contributed by atoms with Gasteiger partial charge in [0.2, 0.25) is 0 Å². The van der Waals surface area contributed by atoms with Crippen LogP contribution in [0.4, 0.5) is 0 Å². The minimum absolute atomic E-state index is 0.131. The fraction of sp³-hybridized carbons (Fsp3) is 0.850. The van der Waals surface area contributed by atoms with Crippen LogP contribution in [0.25, 0.3) is 0 Å². The number of hydrogen-bond donors (Lipinski definition) is 3. The van der Waals surface area contributed by atoms with Crippen molar-refractivity contribution >= 4 is 5.78 Å². The average Bonchev–Trinajstić information content (AvgIpc) is 3.39. The summed E-state index contributed by atoms with van der Waals surface area (Å²) in [6.45, 7) is 8.42. The number of carbonyl (C=O) groups is 1. The van der Waals surface area contributed by atoms with Gasteiger partial charge < -0.3 is 20.1 Å². The molecule has 5 nitrogen and oxygen atoms in total. The van der Waals surface area contributed by atoms with Gasteiger partial charge in [0, 0.05) is 0 Å². The largest absolute Gasteiger partial charge is 0.392 e. The predicted molar refractivity (Wildman–Crippen MR) is 91.7 cm³/mol. The van der Waals surface area contributed by atoms with E-state index in [2.05, 4.69) is 13.8 Å². The Bertz CT molecular complexity index is 634. The maximum atomic E-state index is 13.1. The van der Waals surface area contributed by atoms with Crippen LogP contribution in [0.2, 0.25) is 0 Å². The van der Waals surface area contributed by atoms with Crippen molar-refractivity contribution < 1.29 is 24.9 Å². The molecule has 5 heteroatoms.